The molecule has 4 atom stereocenters. The van der Waals surface area contributed by atoms with E-state index in [1.165, 1.54) is 43.9 Å². The smallest absolute Gasteiger partial charge is 0.339 e. The van der Waals surface area contributed by atoms with Crippen molar-refractivity contribution < 1.29 is 14.7 Å². The quantitative estimate of drug-likeness (QED) is 0.455. The van der Waals surface area contributed by atoms with Gasteiger partial charge in [0.15, 0.2) is 0 Å². The molecule has 2 aromatic rings. The standard InChI is InChI=1S/C30H41N3O3/c1-3-8-20-9-4-5-14-27(20)32(2)29(34)24-12-6-10-22(17-24)23-11-7-13-25(18-23)33-28(21-15-16-21)26(19-31-33)30(35)36/h7,11,13,18-22,24,27H,3-6,8-10,12,14-17H2,1-2H3,(H,35,36). The molecule has 3 saturated carbocycles. The molecule has 0 aliphatic heterocycles. The summed E-state index contributed by atoms with van der Waals surface area (Å²) in [5, 5.41) is 14.1. The molecule has 0 saturated heterocycles. The molecule has 5 rings (SSSR count). The number of aromatic carboxylic acids is 1. The SMILES string of the molecule is CCCC1CCCCC1N(C)C(=O)C1CCCC(c2cccc(-n3ncc(C(=O)O)c3C3CC3)c2)C1. The molecule has 3 aliphatic rings. The lowest BCUT2D eigenvalue weighted by Crippen LogP contribution is -2.46. The highest BCUT2D eigenvalue weighted by Gasteiger charge is 2.36. The Labute approximate surface area is 215 Å². The molecule has 3 fully saturated rings. The number of aromatic nitrogens is 2. The minimum atomic E-state index is -0.906. The first kappa shape index (κ1) is 25.0. The maximum Gasteiger partial charge on any atom is 0.339 e. The Morgan fingerprint density at radius 1 is 1.06 bits per heavy atom. The summed E-state index contributed by atoms with van der Waals surface area (Å²) in [5.41, 5.74) is 3.31. The van der Waals surface area contributed by atoms with Crippen LogP contribution in [0.4, 0.5) is 0 Å². The molecule has 6 nitrogen and oxygen atoms in total. The van der Waals surface area contributed by atoms with Crippen LogP contribution >= 0.6 is 0 Å². The minimum absolute atomic E-state index is 0.0898. The fourth-order valence-corrected chi connectivity index (χ4v) is 6.96. The van der Waals surface area contributed by atoms with E-state index in [-0.39, 0.29) is 11.8 Å². The van der Waals surface area contributed by atoms with E-state index in [0.717, 1.165) is 56.3 Å². The van der Waals surface area contributed by atoms with Crippen molar-refractivity contribution in [1.29, 1.82) is 0 Å². The molecule has 1 amide bonds. The average molecular weight is 492 g/mol. The lowest BCUT2D eigenvalue weighted by molar-refractivity contribution is -0.139. The van der Waals surface area contributed by atoms with Gasteiger partial charge in [-0.3, -0.25) is 4.79 Å². The maximum absolute atomic E-state index is 13.7. The van der Waals surface area contributed by atoms with Crippen molar-refractivity contribution in [2.24, 2.45) is 11.8 Å². The number of amides is 1. The summed E-state index contributed by atoms with van der Waals surface area (Å²) in [5.74, 6) is 0.809. The van der Waals surface area contributed by atoms with E-state index < -0.39 is 5.97 Å². The average Bonchev–Trinajstić information content (AvgIpc) is 3.65. The van der Waals surface area contributed by atoms with Gasteiger partial charge < -0.3 is 10.0 Å². The second-order valence-electron chi connectivity index (χ2n) is 11.4. The number of hydrogen-bond acceptors (Lipinski definition) is 3. The first-order valence-electron chi connectivity index (χ1n) is 14.2. The molecule has 194 valence electrons. The van der Waals surface area contributed by atoms with Crippen molar-refractivity contribution in [3.8, 4) is 5.69 Å². The number of carbonyl (C=O) groups excluding carboxylic acids is 1. The third kappa shape index (κ3) is 5.09. The minimum Gasteiger partial charge on any atom is -0.478 e. The van der Waals surface area contributed by atoms with Crippen molar-refractivity contribution in [2.45, 2.75) is 102 Å². The van der Waals surface area contributed by atoms with E-state index in [1.807, 2.05) is 10.7 Å². The molecule has 3 aliphatic carbocycles. The fraction of sp³-hybridized carbons (Fsp3) is 0.633. The Morgan fingerprint density at radius 2 is 1.86 bits per heavy atom. The lowest BCUT2D eigenvalue weighted by atomic mass is 9.76. The van der Waals surface area contributed by atoms with Crippen molar-refractivity contribution >= 4 is 11.9 Å². The zero-order valence-corrected chi connectivity index (χ0v) is 21.9. The molecule has 0 radical (unpaired) electrons. The number of nitrogens with zero attached hydrogens (tertiary/aromatic N) is 3. The third-order valence-electron chi connectivity index (χ3n) is 8.98. The highest BCUT2D eigenvalue weighted by atomic mass is 16.4. The zero-order valence-electron chi connectivity index (χ0n) is 21.9. The van der Waals surface area contributed by atoms with Gasteiger partial charge in [0.2, 0.25) is 5.91 Å². The largest absolute Gasteiger partial charge is 0.478 e. The summed E-state index contributed by atoms with van der Waals surface area (Å²) in [4.78, 5) is 27.5. The number of hydrogen-bond donors (Lipinski definition) is 1. The van der Waals surface area contributed by atoms with E-state index in [1.54, 1.807) is 0 Å². The highest BCUT2D eigenvalue weighted by molar-refractivity contribution is 5.89. The Balaban J connectivity index is 1.32. The summed E-state index contributed by atoms with van der Waals surface area (Å²) in [6, 6.07) is 8.81. The summed E-state index contributed by atoms with van der Waals surface area (Å²) in [7, 11) is 2.06. The maximum atomic E-state index is 13.7. The fourth-order valence-electron chi connectivity index (χ4n) is 6.96. The molecule has 36 heavy (non-hydrogen) atoms. The first-order valence-corrected chi connectivity index (χ1v) is 14.2. The molecule has 0 bridgehead atoms. The molecule has 4 unspecified atom stereocenters. The van der Waals surface area contributed by atoms with Crippen LogP contribution in [0.25, 0.3) is 5.69 Å². The van der Waals surface area contributed by atoms with Gasteiger partial charge in [-0.05, 0) is 80.9 Å². The second kappa shape index (κ2) is 10.8. The molecule has 1 aromatic heterocycles. The van der Waals surface area contributed by atoms with Crippen molar-refractivity contribution in [3.63, 3.8) is 0 Å². The molecule has 1 heterocycles. The van der Waals surface area contributed by atoms with Gasteiger partial charge in [0.25, 0.3) is 0 Å². The van der Waals surface area contributed by atoms with Crippen molar-refractivity contribution in [1.82, 2.24) is 14.7 Å². The Hall–Kier alpha value is -2.63. The predicted molar refractivity (Wildman–Crippen MR) is 141 cm³/mol. The van der Waals surface area contributed by atoms with Crippen LogP contribution in [0.2, 0.25) is 0 Å². The molecule has 1 aromatic carbocycles. The van der Waals surface area contributed by atoms with Gasteiger partial charge in [-0.2, -0.15) is 5.10 Å². The van der Waals surface area contributed by atoms with E-state index in [0.29, 0.717) is 29.3 Å². The van der Waals surface area contributed by atoms with Crippen LogP contribution in [0.1, 0.15) is 117 Å². The van der Waals surface area contributed by atoms with E-state index in [2.05, 4.69) is 42.2 Å². The predicted octanol–water partition coefficient (Wildman–Crippen LogP) is 6.54. The Morgan fingerprint density at radius 3 is 2.61 bits per heavy atom. The summed E-state index contributed by atoms with van der Waals surface area (Å²) in [6.07, 6.45) is 14.9. The summed E-state index contributed by atoms with van der Waals surface area (Å²) < 4.78 is 1.83. The highest BCUT2D eigenvalue weighted by Crippen LogP contribution is 2.43. The number of carboxylic acid groups (broad SMARTS) is 1. The first-order chi connectivity index (χ1) is 17.5. The van der Waals surface area contributed by atoms with Gasteiger partial charge in [-0.15, -0.1) is 0 Å². The van der Waals surface area contributed by atoms with Crippen LogP contribution in [0.3, 0.4) is 0 Å². The monoisotopic (exact) mass is 491 g/mol. The van der Waals surface area contributed by atoms with E-state index in [9.17, 15) is 14.7 Å². The molecule has 6 heteroatoms. The number of rotatable bonds is 8. The lowest BCUT2D eigenvalue weighted by Gasteiger charge is -2.40. The van der Waals surface area contributed by atoms with Crippen molar-refractivity contribution in [3.05, 3.63) is 47.3 Å². The number of carbonyl (C=O) groups is 2. The topological polar surface area (TPSA) is 75.4 Å². The summed E-state index contributed by atoms with van der Waals surface area (Å²) in [6.45, 7) is 2.26. The van der Waals surface area contributed by atoms with Crippen LogP contribution in [0.15, 0.2) is 30.5 Å². The van der Waals surface area contributed by atoms with Crippen LogP contribution in [0.5, 0.6) is 0 Å². The number of benzene rings is 1. The number of carboxylic acids is 1. The van der Waals surface area contributed by atoms with Gasteiger partial charge in [-0.25, -0.2) is 9.48 Å². The van der Waals surface area contributed by atoms with Gasteiger partial charge in [0.05, 0.1) is 17.6 Å². The van der Waals surface area contributed by atoms with Crippen molar-refractivity contribution in [2.75, 3.05) is 7.05 Å². The van der Waals surface area contributed by atoms with Gasteiger partial charge in [0, 0.05) is 24.9 Å². The van der Waals surface area contributed by atoms with Gasteiger partial charge >= 0.3 is 5.97 Å². The molecular formula is C30H41N3O3. The van der Waals surface area contributed by atoms with E-state index >= 15 is 0 Å². The Bertz CT molecular complexity index is 1090. The zero-order chi connectivity index (χ0) is 25.2. The van der Waals surface area contributed by atoms with Crippen LogP contribution in [-0.2, 0) is 4.79 Å². The molecule has 0 spiro atoms. The molecular weight excluding hydrogens is 450 g/mol. The normalized spacial score (nSPS) is 26.5. The second-order valence-corrected chi connectivity index (χ2v) is 11.4. The van der Waals surface area contributed by atoms with Gasteiger partial charge in [0.1, 0.15) is 5.56 Å². The Kier molecular flexibility index (Phi) is 7.49. The molecule has 1 N–H and O–H groups in total. The van der Waals surface area contributed by atoms with Crippen LogP contribution < -0.4 is 0 Å². The van der Waals surface area contributed by atoms with E-state index in [4.69, 9.17) is 0 Å². The summed E-state index contributed by atoms with van der Waals surface area (Å²) >= 11 is 0. The van der Waals surface area contributed by atoms with Crippen LogP contribution in [-0.4, -0.2) is 44.8 Å². The van der Waals surface area contributed by atoms with Crippen LogP contribution in [0, 0.1) is 11.8 Å². The van der Waals surface area contributed by atoms with Gasteiger partial charge in [-0.1, -0.05) is 44.7 Å². The third-order valence-corrected chi connectivity index (χ3v) is 8.98.